The SMILES string of the molecule is O=C(BC1CCCCCCC1)NC1CCCCC(NC(=O)NC2CCCCCCC2)CCC1. The molecule has 33 heavy (non-hydrogen) atoms. The maximum Gasteiger partial charge on any atom is 0.315 e. The molecule has 3 saturated carbocycles. The molecule has 6 heteroatoms. The van der Waals surface area contributed by atoms with Gasteiger partial charge in [-0.1, -0.05) is 95.7 Å². The summed E-state index contributed by atoms with van der Waals surface area (Å²) < 4.78 is 0. The Labute approximate surface area is 203 Å². The molecule has 3 rings (SSSR count). The van der Waals surface area contributed by atoms with Gasteiger partial charge in [-0.05, 0) is 44.9 Å². The van der Waals surface area contributed by atoms with E-state index in [4.69, 9.17) is 0 Å². The van der Waals surface area contributed by atoms with E-state index in [1.165, 1.54) is 77.0 Å². The number of amides is 3. The predicted molar refractivity (Wildman–Crippen MR) is 139 cm³/mol. The van der Waals surface area contributed by atoms with Crippen molar-refractivity contribution in [3.63, 3.8) is 0 Å². The molecule has 0 bridgehead atoms. The lowest BCUT2D eigenvalue weighted by Gasteiger charge is -2.24. The van der Waals surface area contributed by atoms with E-state index in [9.17, 15) is 9.59 Å². The van der Waals surface area contributed by atoms with Crippen molar-refractivity contribution in [3.8, 4) is 0 Å². The summed E-state index contributed by atoms with van der Waals surface area (Å²) in [5.74, 6) is 0.865. The molecule has 188 valence electrons. The summed E-state index contributed by atoms with van der Waals surface area (Å²) in [6.45, 7) is 0. The minimum absolute atomic E-state index is 0.0360. The lowest BCUT2D eigenvalue weighted by atomic mass is 9.59. The molecule has 0 aromatic carbocycles. The molecule has 2 atom stereocenters. The third-order valence-electron chi connectivity index (χ3n) is 8.30. The maximum atomic E-state index is 12.7. The van der Waals surface area contributed by atoms with Crippen molar-refractivity contribution in [1.82, 2.24) is 16.0 Å². The fourth-order valence-corrected chi connectivity index (χ4v) is 6.28. The first-order valence-corrected chi connectivity index (χ1v) is 14.6. The van der Waals surface area contributed by atoms with E-state index in [0.29, 0.717) is 17.9 Å². The molecule has 2 unspecified atom stereocenters. The second-order valence-corrected chi connectivity index (χ2v) is 11.3. The standard InChI is InChI=1S/C27H50BN3O2/c32-26(28-22-14-7-3-1-4-8-15-22)29-23-18-11-12-19-25(21-13-20-23)31-27(33)30-24-16-9-5-2-6-10-17-24/h22-25,28H,1-21H2,(H,29,32)(H2,30,31,33). The first-order valence-electron chi connectivity index (χ1n) is 14.6. The molecule has 0 aliphatic heterocycles. The topological polar surface area (TPSA) is 70.2 Å². The Morgan fingerprint density at radius 1 is 0.455 bits per heavy atom. The third kappa shape index (κ3) is 11.2. The van der Waals surface area contributed by atoms with Gasteiger partial charge < -0.3 is 16.0 Å². The zero-order valence-electron chi connectivity index (χ0n) is 21.2. The molecule has 0 aromatic rings. The summed E-state index contributed by atoms with van der Waals surface area (Å²) in [6, 6.07) is 0.962. The third-order valence-corrected chi connectivity index (χ3v) is 8.30. The van der Waals surface area contributed by atoms with Crippen LogP contribution in [-0.4, -0.2) is 37.2 Å². The van der Waals surface area contributed by atoms with Gasteiger partial charge in [0.25, 0.3) is 0 Å². The van der Waals surface area contributed by atoms with E-state index >= 15 is 0 Å². The van der Waals surface area contributed by atoms with Crippen LogP contribution in [0.4, 0.5) is 9.59 Å². The van der Waals surface area contributed by atoms with E-state index in [1.807, 2.05) is 0 Å². The van der Waals surface area contributed by atoms with Gasteiger partial charge in [0.15, 0.2) is 5.81 Å². The summed E-state index contributed by atoms with van der Waals surface area (Å²) in [7, 11) is 0.724. The number of hydrogen-bond acceptors (Lipinski definition) is 2. The first kappa shape index (κ1) is 26.4. The molecule has 0 radical (unpaired) electrons. The van der Waals surface area contributed by atoms with E-state index in [1.54, 1.807) is 0 Å². The smallest absolute Gasteiger partial charge is 0.315 e. The van der Waals surface area contributed by atoms with Crippen LogP contribution in [0.3, 0.4) is 0 Å². The van der Waals surface area contributed by atoms with Crippen molar-refractivity contribution >= 4 is 19.1 Å². The molecule has 3 N–H and O–H groups in total. The van der Waals surface area contributed by atoms with Gasteiger partial charge >= 0.3 is 6.03 Å². The minimum atomic E-state index is 0.0360. The first-order chi connectivity index (χ1) is 16.2. The Balaban J connectivity index is 1.35. The zero-order valence-corrected chi connectivity index (χ0v) is 21.2. The second-order valence-electron chi connectivity index (χ2n) is 11.3. The van der Waals surface area contributed by atoms with Crippen LogP contribution in [0.5, 0.6) is 0 Å². The number of rotatable bonds is 5. The van der Waals surface area contributed by atoms with Gasteiger partial charge in [-0.3, -0.25) is 4.79 Å². The van der Waals surface area contributed by atoms with Gasteiger partial charge in [0.1, 0.15) is 0 Å². The van der Waals surface area contributed by atoms with Crippen LogP contribution < -0.4 is 16.0 Å². The van der Waals surface area contributed by atoms with Gasteiger partial charge in [-0.25, -0.2) is 4.79 Å². The normalized spacial score (nSPS) is 27.3. The fraction of sp³-hybridized carbons (Fsp3) is 0.926. The summed E-state index contributed by atoms with van der Waals surface area (Å²) in [5, 5.41) is 9.92. The molecule has 3 amide bonds. The Morgan fingerprint density at radius 3 is 1.33 bits per heavy atom. The maximum absolute atomic E-state index is 12.7. The monoisotopic (exact) mass is 459 g/mol. The van der Waals surface area contributed by atoms with E-state index in [0.717, 1.165) is 65.1 Å². The largest absolute Gasteiger partial charge is 0.362 e. The molecule has 3 aliphatic rings. The van der Waals surface area contributed by atoms with E-state index in [2.05, 4.69) is 16.0 Å². The number of carbonyl (C=O) groups excluding carboxylic acids is 2. The van der Waals surface area contributed by atoms with Gasteiger partial charge in [0, 0.05) is 18.1 Å². The second kappa shape index (κ2) is 15.7. The van der Waals surface area contributed by atoms with Crippen LogP contribution in [0.2, 0.25) is 5.82 Å². The molecular formula is C27H50BN3O2. The molecule has 0 saturated heterocycles. The highest BCUT2D eigenvalue weighted by molar-refractivity contribution is 6.74. The van der Waals surface area contributed by atoms with Crippen LogP contribution in [0.1, 0.15) is 135 Å². The fourth-order valence-electron chi connectivity index (χ4n) is 6.28. The number of carbonyl (C=O) groups is 2. The van der Waals surface area contributed by atoms with Gasteiger partial charge in [-0.2, -0.15) is 0 Å². The van der Waals surface area contributed by atoms with Crippen molar-refractivity contribution in [3.05, 3.63) is 0 Å². The van der Waals surface area contributed by atoms with Crippen molar-refractivity contribution in [2.75, 3.05) is 0 Å². The van der Waals surface area contributed by atoms with Crippen LogP contribution in [-0.2, 0) is 0 Å². The Hall–Kier alpha value is -1.20. The van der Waals surface area contributed by atoms with Crippen molar-refractivity contribution in [2.45, 2.75) is 159 Å². The van der Waals surface area contributed by atoms with Gasteiger partial charge in [0.2, 0.25) is 7.28 Å². The van der Waals surface area contributed by atoms with Crippen LogP contribution >= 0.6 is 0 Å². The van der Waals surface area contributed by atoms with Crippen molar-refractivity contribution in [1.29, 1.82) is 0 Å². The summed E-state index contributed by atoms with van der Waals surface area (Å²) in [5.41, 5.74) is 0. The Kier molecular flexibility index (Phi) is 12.5. The van der Waals surface area contributed by atoms with E-state index < -0.39 is 0 Å². The number of urea groups is 1. The minimum Gasteiger partial charge on any atom is -0.362 e. The lowest BCUT2D eigenvalue weighted by Crippen LogP contribution is -2.46. The quantitative estimate of drug-likeness (QED) is 0.408. The summed E-state index contributed by atoms with van der Waals surface area (Å²) in [4.78, 5) is 25.4. The van der Waals surface area contributed by atoms with E-state index in [-0.39, 0.29) is 17.9 Å². The highest BCUT2D eigenvalue weighted by atomic mass is 16.2. The van der Waals surface area contributed by atoms with Gasteiger partial charge in [-0.15, -0.1) is 0 Å². The molecule has 0 aromatic heterocycles. The molecule has 0 heterocycles. The Bertz CT molecular complexity index is 510. The van der Waals surface area contributed by atoms with Crippen LogP contribution in [0.25, 0.3) is 0 Å². The van der Waals surface area contributed by atoms with Crippen molar-refractivity contribution < 1.29 is 9.59 Å². The number of nitrogens with one attached hydrogen (secondary N) is 3. The predicted octanol–water partition coefficient (Wildman–Crippen LogP) is 6.56. The van der Waals surface area contributed by atoms with Gasteiger partial charge in [0.05, 0.1) is 0 Å². The van der Waals surface area contributed by atoms with Crippen LogP contribution in [0.15, 0.2) is 0 Å². The van der Waals surface area contributed by atoms with Crippen LogP contribution in [0, 0.1) is 0 Å². The molecular weight excluding hydrogens is 409 g/mol. The molecule has 5 nitrogen and oxygen atoms in total. The highest BCUT2D eigenvalue weighted by Gasteiger charge is 2.22. The molecule has 3 aliphatic carbocycles. The zero-order chi connectivity index (χ0) is 23.1. The summed E-state index contributed by atoms with van der Waals surface area (Å²) >= 11 is 0. The molecule has 0 spiro atoms. The van der Waals surface area contributed by atoms with Crippen molar-refractivity contribution in [2.24, 2.45) is 0 Å². The Morgan fingerprint density at radius 2 is 0.818 bits per heavy atom. The average molecular weight is 460 g/mol. The highest BCUT2D eigenvalue weighted by Crippen LogP contribution is 2.26. The lowest BCUT2D eigenvalue weighted by molar-refractivity contribution is 0.228. The molecule has 3 fully saturated rings. The summed E-state index contributed by atoms with van der Waals surface area (Å²) in [6.07, 6.45) is 25.3. The average Bonchev–Trinajstić information content (AvgIpc) is 2.84. The number of hydrogen-bond donors (Lipinski definition) is 3.